The third-order valence-corrected chi connectivity index (χ3v) is 3.71. The first-order valence-electron chi connectivity index (χ1n) is 9.64. The van der Waals surface area contributed by atoms with Crippen LogP contribution in [0, 0.1) is 5.92 Å². The van der Waals surface area contributed by atoms with Crippen LogP contribution in [0.1, 0.15) is 111 Å². The summed E-state index contributed by atoms with van der Waals surface area (Å²) >= 11 is 0. The molecule has 0 spiro atoms. The second-order valence-electron chi connectivity index (χ2n) is 6.91. The van der Waals surface area contributed by atoms with Gasteiger partial charge >= 0.3 is 0 Å². The van der Waals surface area contributed by atoms with E-state index in [4.69, 9.17) is 5.11 Å². The van der Waals surface area contributed by atoms with Crippen molar-refractivity contribution in [3.05, 3.63) is 0 Å². The van der Waals surface area contributed by atoms with E-state index in [1.165, 1.54) is 70.6 Å². The number of carbonyl (C=O) groups excluding carboxylic acids is 1. The maximum absolute atomic E-state index is 10.3. The normalized spacial score (nSPS) is 10.5. The van der Waals surface area contributed by atoms with Crippen LogP contribution in [-0.4, -0.2) is 17.5 Å². The molecule has 0 saturated heterocycles. The molecule has 0 aliphatic heterocycles. The first kappa shape index (κ1) is 23.9. The van der Waals surface area contributed by atoms with Gasteiger partial charge in [-0.05, 0) is 19.3 Å². The number of unbranched alkanes of at least 4 members (excludes halogenated alkanes) is 11. The van der Waals surface area contributed by atoms with E-state index in [0.29, 0.717) is 12.5 Å². The molecule has 0 saturated carbocycles. The molecule has 0 aromatic carbocycles. The Morgan fingerprint density at radius 1 is 0.773 bits per heavy atom. The number of Topliss-reactive ketones (excluding diaryl/α,β-unsaturated/α-hetero) is 1. The Balaban J connectivity index is 0. The van der Waals surface area contributed by atoms with Crippen LogP contribution in [-0.2, 0) is 4.79 Å². The average molecular weight is 315 g/mol. The highest BCUT2D eigenvalue weighted by atomic mass is 16.2. The second kappa shape index (κ2) is 20.6. The zero-order chi connectivity index (χ0) is 17.1. The molecular weight excluding hydrogens is 272 g/mol. The molecule has 0 bridgehead atoms. The minimum atomic E-state index is 0.287. The van der Waals surface area contributed by atoms with E-state index in [1.54, 1.807) is 6.92 Å². The average Bonchev–Trinajstić information content (AvgIpc) is 2.44. The zero-order valence-corrected chi connectivity index (χ0v) is 15.8. The van der Waals surface area contributed by atoms with Gasteiger partial charge in [-0.1, -0.05) is 91.4 Å². The van der Waals surface area contributed by atoms with Gasteiger partial charge in [-0.2, -0.15) is 0 Å². The fourth-order valence-electron chi connectivity index (χ4n) is 2.53. The van der Waals surface area contributed by atoms with Gasteiger partial charge < -0.3 is 9.90 Å². The van der Waals surface area contributed by atoms with Crippen molar-refractivity contribution in [1.82, 2.24) is 0 Å². The standard InChI is InChI=1S/C14H30O.C6H12O/c1-2-3-4-5-6-7-8-9-10-11-12-13-14-15;1-5(2)4-6(3)7/h15H,2-14H2,1H3;5H,4H2,1-3H3. The lowest BCUT2D eigenvalue weighted by molar-refractivity contribution is -0.117. The monoisotopic (exact) mass is 314 g/mol. The molecule has 0 radical (unpaired) electrons. The Hall–Kier alpha value is -0.370. The second-order valence-corrected chi connectivity index (χ2v) is 6.91. The Kier molecular flexibility index (Phi) is 22.4. The number of hydrogen-bond acceptors (Lipinski definition) is 2. The fourth-order valence-corrected chi connectivity index (χ4v) is 2.53. The number of hydrogen-bond donors (Lipinski definition) is 1. The summed E-state index contributed by atoms with van der Waals surface area (Å²) < 4.78 is 0. The minimum Gasteiger partial charge on any atom is -0.396 e. The van der Waals surface area contributed by atoms with Crippen molar-refractivity contribution in [2.45, 2.75) is 111 Å². The Bertz CT molecular complexity index is 200. The number of ketones is 1. The lowest BCUT2D eigenvalue weighted by Crippen LogP contribution is -1.95. The highest BCUT2D eigenvalue weighted by molar-refractivity contribution is 5.75. The summed E-state index contributed by atoms with van der Waals surface area (Å²) in [5.41, 5.74) is 0. The van der Waals surface area contributed by atoms with Gasteiger partial charge in [0.1, 0.15) is 5.78 Å². The molecule has 0 aromatic heterocycles. The van der Waals surface area contributed by atoms with Gasteiger partial charge in [-0.3, -0.25) is 0 Å². The first-order chi connectivity index (χ1) is 10.5. The summed E-state index contributed by atoms with van der Waals surface area (Å²) in [6.07, 6.45) is 17.0. The van der Waals surface area contributed by atoms with Crippen LogP contribution in [0.3, 0.4) is 0 Å². The van der Waals surface area contributed by atoms with Crippen molar-refractivity contribution in [2.24, 2.45) is 5.92 Å². The number of aliphatic hydroxyl groups excluding tert-OH is 1. The van der Waals surface area contributed by atoms with Crippen LogP contribution in [0.4, 0.5) is 0 Å². The molecule has 1 N–H and O–H groups in total. The Labute approximate surface area is 140 Å². The van der Waals surface area contributed by atoms with Crippen molar-refractivity contribution in [3.63, 3.8) is 0 Å². The van der Waals surface area contributed by atoms with Crippen molar-refractivity contribution in [1.29, 1.82) is 0 Å². The lowest BCUT2D eigenvalue weighted by atomic mass is 10.1. The summed E-state index contributed by atoms with van der Waals surface area (Å²) in [7, 11) is 0. The molecule has 0 aliphatic rings. The molecule has 2 heteroatoms. The van der Waals surface area contributed by atoms with Crippen molar-refractivity contribution in [2.75, 3.05) is 6.61 Å². The van der Waals surface area contributed by atoms with E-state index < -0.39 is 0 Å². The first-order valence-corrected chi connectivity index (χ1v) is 9.64. The third-order valence-electron chi connectivity index (χ3n) is 3.71. The molecule has 22 heavy (non-hydrogen) atoms. The highest BCUT2D eigenvalue weighted by Crippen LogP contribution is 2.11. The summed E-state index contributed by atoms with van der Waals surface area (Å²) in [4.78, 5) is 10.3. The van der Waals surface area contributed by atoms with E-state index in [-0.39, 0.29) is 5.78 Å². The molecular formula is C20H42O2. The van der Waals surface area contributed by atoms with Gasteiger partial charge in [0.15, 0.2) is 0 Å². The molecule has 0 amide bonds. The molecule has 2 nitrogen and oxygen atoms in total. The fraction of sp³-hybridized carbons (Fsp3) is 0.950. The van der Waals surface area contributed by atoms with Crippen molar-refractivity contribution >= 4 is 5.78 Å². The quantitative estimate of drug-likeness (QED) is 0.382. The van der Waals surface area contributed by atoms with Crippen LogP contribution in [0.25, 0.3) is 0 Å². The Morgan fingerprint density at radius 2 is 1.14 bits per heavy atom. The molecule has 0 fully saturated rings. The maximum atomic E-state index is 10.3. The summed E-state index contributed by atoms with van der Waals surface area (Å²) in [5, 5.41) is 8.61. The zero-order valence-electron chi connectivity index (χ0n) is 15.8. The van der Waals surface area contributed by atoms with Crippen LogP contribution in [0.2, 0.25) is 0 Å². The van der Waals surface area contributed by atoms with E-state index in [2.05, 4.69) is 6.92 Å². The third kappa shape index (κ3) is 27.9. The van der Waals surface area contributed by atoms with Gasteiger partial charge in [0.2, 0.25) is 0 Å². The summed E-state index contributed by atoms with van der Waals surface area (Å²) in [6, 6.07) is 0. The molecule has 0 unspecified atom stereocenters. The van der Waals surface area contributed by atoms with Crippen LogP contribution in [0.5, 0.6) is 0 Å². The summed E-state index contributed by atoms with van der Waals surface area (Å²) in [5.74, 6) is 0.813. The highest BCUT2D eigenvalue weighted by Gasteiger charge is 1.95. The predicted molar refractivity (Wildman–Crippen MR) is 98.3 cm³/mol. The van der Waals surface area contributed by atoms with Crippen LogP contribution >= 0.6 is 0 Å². The summed E-state index contributed by atoms with van der Waals surface area (Å²) in [6.45, 7) is 8.35. The molecule has 0 atom stereocenters. The van der Waals surface area contributed by atoms with Crippen LogP contribution < -0.4 is 0 Å². The lowest BCUT2D eigenvalue weighted by Gasteiger charge is -2.01. The smallest absolute Gasteiger partial charge is 0.130 e. The van der Waals surface area contributed by atoms with Gasteiger partial charge in [0.05, 0.1) is 0 Å². The van der Waals surface area contributed by atoms with Crippen molar-refractivity contribution < 1.29 is 9.90 Å². The number of aliphatic hydroxyl groups is 1. The van der Waals surface area contributed by atoms with Crippen molar-refractivity contribution in [3.8, 4) is 0 Å². The van der Waals surface area contributed by atoms with Gasteiger partial charge in [0.25, 0.3) is 0 Å². The van der Waals surface area contributed by atoms with E-state index in [1.807, 2.05) is 13.8 Å². The maximum Gasteiger partial charge on any atom is 0.130 e. The molecule has 0 aliphatic carbocycles. The SMILES string of the molecule is CC(=O)CC(C)C.CCCCCCCCCCCCCCO. The van der Waals surface area contributed by atoms with E-state index in [0.717, 1.165) is 12.8 Å². The van der Waals surface area contributed by atoms with Gasteiger partial charge in [-0.15, -0.1) is 0 Å². The molecule has 0 heterocycles. The predicted octanol–water partition coefficient (Wildman–Crippen LogP) is 6.30. The Morgan fingerprint density at radius 3 is 1.36 bits per heavy atom. The van der Waals surface area contributed by atoms with Gasteiger partial charge in [0, 0.05) is 13.0 Å². The molecule has 134 valence electrons. The van der Waals surface area contributed by atoms with Gasteiger partial charge in [-0.25, -0.2) is 0 Å². The number of carbonyl (C=O) groups is 1. The van der Waals surface area contributed by atoms with E-state index in [9.17, 15) is 4.79 Å². The molecule has 0 rings (SSSR count). The largest absolute Gasteiger partial charge is 0.396 e. The van der Waals surface area contributed by atoms with Crippen LogP contribution in [0.15, 0.2) is 0 Å². The number of rotatable bonds is 14. The van der Waals surface area contributed by atoms with E-state index >= 15 is 0 Å². The minimum absolute atomic E-state index is 0.287. The topological polar surface area (TPSA) is 37.3 Å². The molecule has 0 aromatic rings.